The van der Waals surface area contributed by atoms with Crippen LogP contribution in [0.15, 0.2) is 67.3 Å². The van der Waals surface area contributed by atoms with E-state index in [2.05, 4.69) is 10.1 Å². The number of ether oxygens (including phenoxy) is 2. The summed E-state index contributed by atoms with van der Waals surface area (Å²) in [4.78, 5) is 3.99. The molecule has 38 heavy (non-hydrogen) atoms. The molecule has 2 aromatic carbocycles. The van der Waals surface area contributed by atoms with Crippen molar-refractivity contribution in [1.82, 2.24) is 14.8 Å². The fourth-order valence-corrected chi connectivity index (χ4v) is 4.64. The van der Waals surface area contributed by atoms with Crippen LogP contribution in [0.25, 0.3) is 6.08 Å². The van der Waals surface area contributed by atoms with E-state index in [0.29, 0.717) is 5.56 Å². The van der Waals surface area contributed by atoms with Crippen molar-refractivity contribution in [1.29, 1.82) is 5.26 Å². The Morgan fingerprint density at radius 3 is 2.47 bits per heavy atom. The van der Waals surface area contributed by atoms with Crippen LogP contribution in [-0.4, -0.2) is 39.4 Å². The number of aliphatic hydroxyl groups is 1. The third-order valence-electron chi connectivity index (χ3n) is 6.60. The lowest BCUT2D eigenvalue weighted by molar-refractivity contribution is -0.204. The van der Waals surface area contributed by atoms with E-state index in [4.69, 9.17) is 14.7 Å². The van der Waals surface area contributed by atoms with E-state index in [9.17, 15) is 18.3 Å². The lowest BCUT2D eigenvalue weighted by atomic mass is 9.72. The SMILES string of the molecule is CC(C)C(O)(c1ccc(F)cc1F)C(C1COC(/C=C/C=C/c2ccc(C#N)cc2F)OC1)n1cncn1. The van der Waals surface area contributed by atoms with Crippen molar-refractivity contribution in [3.05, 3.63) is 101 Å². The first kappa shape index (κ1) is 27.3. The minimum atomic E-state index is -1.79. The number of nitriles is 1. The molecule has 0 radical (unpaired) electrons. The highest BCUT2D eigenvalue weighted by atomic mass is 19.1. The molecule has 4 rings (SSSR count). The van der Waals surface area contributed by atoms with Gasteiger partial charge in [0.1, 0.15) is 35.7 Å². The van der Waals surface area contributed by atoms with Crippen molar-refractivity contribution in [2.45, 2.75) is 31.8 Å². The van der Waals surface area contributed by atoms with Gasteiger partial charge in [-0.1, -0.05) is 44.2 Å². The molecule has 3 aromatic rings. The van der Waals surface area contributed by atoms with Crippen LogP contribution in [0.5, 0.6) is 0 Å². The monoisotopic (exact) mass is 524 g/mol. The number of rotatable bonds is 8. The molecule has 7 nitrogen and oxygen atoms in total. The molecule has 1 fully saturated rings. The molecule has 2 heterocycles. The van der Waals surface area contributed by atoms with E-state index >= 15 is 0 Å². The van der Waals surface area contributed by atoms with Crippen molar-refractivity contribution in [3.63, 3.8) is 0 Å². The smallest absolute Gasteiger partial charge is 0.177 e. The number of benzene rings is 2. The van der Waals surface area contributed by atoms with Gasteiger partial charge in [0.15, 0.2) is 6.29 Å². The van der Waals surface area contributed by atoms with Crippen molar-refractivity contribution >= 4 is 6.08 Å². The van der Waals surface area contributed by atoms with Crippen LogP contribution in [0.4, 0.5) is 13.2 Å². The van der Waals surface area contributed by atoms with E-state index in [1.54, 1.807) is 38.2 Å². The molecular formula is C28H27F3N4O3. The molecule has 1 saturated heterocycles. The molecule has 0 amide bonds. The van der Waals surface area contributed by atoms with E-state index < -0.39 is 47.2 Å². The summed E-state index contributed by atoms with van der Waals surface area (Å²) < 4.78 is 55.8. The molecular weight excluding hydrogens is 497 g/mol. The molecule has 1 N–H and O–H groups in total. The highest BCUT2D eigenvalue weighted by Crippen LogP contribution is 2.45. The summed E-state index contributed by atoms with van der Waals surface area (Å²) >= 11 is 0. The van der Waals surface area contributed by atoms with Gasteiger partial charge in [0.25, 0.3) is 0 Å². The van der Waals surface area contributed by atoms with Crippen LogP contribution in [0.1, 0.15) is 36.6 Å². The molecule has 0 spiro atoms. The summed E-state index contributed by atoms with van der Waals surface area (Å²) in [6, 6.07) is 8.35. The largest absolute Gasteiger partial charge is 0.383 e. The maximum Gasteiger partial charge on any atom is 0.177 e. The molecule has 10 heteroatoms. The van der Waals surface area contributed by atoms with Gasteiger partial charge in [0.05, 0.1) is 30.9 Å². The van der Waals surface area contributed by atoms with Gasteiger partial charge in [-0.15, -0.1) is 0 Å². The zero-order valence-corrected chi connectivity index (χ0v) is 20.8. The summed E-state index contributed by atoms with van der Waals surface area (Å²) in [6.45, 7) is 3.77. The predicted octanol–water partition coefficient (Wildman–Crippen LogP) is 4.91. The van der Waals surface area contributed by atoms with Gasteiger partial charge < -0.3 is 14.6 Å². The molecule has 1 aliphatic heterocycles. The van der Waals surface area contributed by atoms with Crippen LogP contribution in [-0.2, 0) is 15.1 Å². The number of aromatic nitrogens is 3. The van der Waals surface area contributed by atoms with E-state index in [1.165, 1.54) is 41.6 Å². The number of hydrogen-bond donors (Lipinski definition) is 1. The Balaban J connectivity index is 1.50. The Hall–Kier alpha value is -3.78. The second-order valence-electron chi connectivity index (χ2n) is 9.31. The second kappa shape index (κ2) is 11.7. The lowest BCUT2D eigenvalue weighted by Gasteiger charge is -2.45. The van der Waals surface area contributed by atoms with Gasteiger partial charge in [0.2, 0.25) is 0 Å². The molecule has 1 aliphatic rings. The molecule has 1 aromatic heterocycles. The summed E-state index contributed by atoms with van der Waals surface area (Å²) in [7, 11) is 0. The van der Waals surface area contributed by atoms with E-state index in [-0.39, 0.29) is 24.3 Å². The minimum Gasteiger partial charge on any atom is -0.383 e. The Kier molecular flexibility index (Phi) is 8.42. The summed E-state index contributed by atoms with van der Waals surface area (Å²) in [5.74, 6) is -3.07. The Bertz CT molecular complexity index is 1350. The average molecular weight is 525 g/mol. The maximum absolute atomic E-state index is 14.9. The van der Waals surface area contributed by atoms with Gasteiger partial charge in [-0.3, -0.25) is 0 Å². The Morgan fingerprint density at radius 2 is 1.87 bits per heavy atom. The predicted molar refractivity (Wildman–Crippen MR) is 133 cm³/mol. The van der Waals surface area contributed by atoms with Crippen LogP contribution < -0.4 is 0 Å². The topological polar surface area (TPSA) is 93.2 Å². The van der Waals surface area contributed by atoms with Gasteiger partial charge >= 0.3 is 0 Å². The van der Waals surface area contributed by atoms with Crippen molar-refractivity contribution in [2.24, 2.45) is 11.8 Å². The zero-order chi connectivity index (χ0) is 27.3. The molecule has 0 aliphatic carbocycles. The number of halogens is 3. The second-order valence-corrected chi connectivity index (χ2v) is 9.31. The standard InChI is InChI=1S/C28H27F3N4O3/c1-18(2)28(36,23-10-9-22(29)12-25(23)31)27(35-17-33-16-34-35)21-14-37-26(38-15-21)6-4-3-5-20-8-7-19(13-32)11-24(20)30/h3-12,16-18,21,26-27,36H,14-15H2,1-2H3/b5-3+,6-4+. The highest BCUT2D eigenvalue weighted by Gasteiger charge is 2.49. The Morgan fingerprint density at radius 1 is 1.11 bits per heavy atom. The van der Waals surface area contributed by atoms with E-state index in [1.807, 2.05) is 6.07 Å². The molecule has 0 saturated carbocycles. The minimum absolute atomic E-state index is 0.0587. The van der Waals surface area contributed by atoms with Crippen LogP contribution in [0.2, 0.25) is 0 Å². The number of nitrogens with zero attached hydrogens (tertiary/aromatic N) is 4. The van der Waals surface area contributed by atoms with Gasteiger partial charge in [-0.25, -0.2) is 22.8 Å². The fraction of sp³-hybridized carbons (Fsp3) is 0.321. The first-order chi connectivity index (χ1) is 18.2. The van der Waals surface area contributed by atoms with Crippen molar-refractivity contribution < 1.29 is 27.8 Å². The van der Waals surface area contributed by atoms with Crippen LogP contribution in [0, 0.1) is 40.6 Å². The average Bonchev–Trinajstić information content (AvgIpc) is 3.42. The highest BCUT2D eigenvalue weighted by molar-refractivity contribution is 5.53. The maximum atomic E-state index is 14.9. The number of allylic oxidation sites excluding steroid dienone is 2. The van der Waals surface area contributed by atoms with Crippen LogP contribution in [0.3, 0.4) is 0 Å². The molecule has 2 atom stereocenters. The van der Waals surface area contributed by atoms with E-state index in [0.717, 1.165) is 12.1 Å². The summed E-state index contributed by atoms with van der Waals surface area (Å²) in [6.07, 6.45) is 8.51. The quantitative estimate of drug-likeness (QED) is 0.421. The van der Waals surface area contributed by atoms with Crippen molar-refractivity contribution in [3.8, 4) is 6.07 Å². The molecule has 198 valence electrons. The lowest BCUT2D eigenvalue weighted by Crippen LogP contribution is -2.50. The van der Waals surface area contributed by atoms with Gasteiger partial charge in [-0.2, -0.15) is 10.4 Å². The third kappa shape index (κ3) is 5.70. The summed E-state index contributed by atoms with van der Waals surface area (Å²) in [5.41, 5.74) is -1.28. The first-order valence-corrected chi connectivity index (χ1v) is 12.0. The van der Waals surface area contributed by atoms with Gasteiger partial charge in [-0.05, 0) is 30.2 Å². The first-order valence-electron chi connectivity index (χ1n) is 12.0. The van der Waals surface area contributed by atoms with Crippen molar-refractivity contribution in [2.75, 3.05) is 13.2 Å². The normalized spacial score (nSPS) is 20.6. The van der Waals surface area contributed by atoms with Crippen LogP contribution >= 0.6 is 0 Å². The Labute approximate surface area is 218 Å². The molecule has 2 unspecified atom stereocenters. The summed E-state index contributed by atoms with van der Waals surface area (Å²) in [5, 5.41) is 25.0. The third-order valence-corrected chi connectivity index (χ3v) is 6.60. The fourth-order valence-electron chi connectivity index (χ4n) is 4.64. The zero-order valence-electron chi connectivity index (χ0n) is 20.8. The number of hydrogen-bond acceptors (Lipinski definition) is 6. The van der Waals surface area contributed by atoms with Gasteiger partial charge in [0, 0.05) is 23.1 Å². The molecule has 0 bridgehead atoms.